The fraction of sp³-hybridized carbons (Fsp3) is 0.208. The summed E-state index contributed by atoms with van der Waals surface area (Å²) in [5, 5.41) is 2.89. The van der Waals surface area contributed by atoms with Crippen LogP contribution in [0.3, 0.4) is 0 Å². The molecule has 0 bridgehead atoms. The lowest BCUT2D eigenvalue weighted by Gasteiger charge is -2.25. The number of carbonyl (C=O) groups excluding carboxylic acids is 1. The number of sulfonamides is 1. The highest BCUT2D eigenvalue weighted by Crippen LogP contribution is 2.32. The molecule has 1 aliphatic rings. The predicted molar refractivity (Wildman–Crippen MR) is 121 cm³/mol. The summed E-state index contributed by atoms with van der Waals surface area (Å²) in [6, 6.07) is 21.8. The highest BCUT2D eigenvalue weighted by atomic mass is 32.2. The first-order valence-corrected chi connectivity index (χ1v) is 11.7. The third-order valence-electron chi connectivity index (χ3n) is 5.11. The van der Waals surface area contributed by atoms with Crippen molar-refractivity contribution < 1.29 is 22.7 Å². The molecule has 3 aromatic rings. The third kappa shape index (κ3) is 4.70. The van der Waals surface area contributed by atoms with Crippen molar-refractivity contribution in [3.05, 3.63) is 84.4 Å². The highest BCUT2D eigenvalue weighted by molar-refractivity contribution is 7.92. The summed E-state index contributed by atoms with van der Waals surface area (Å²) in [6.45, 7) is 2.46. The molecule has 7 nitrogen and oxygen atoms in total. The molecular formula is C24H24N2O5S. The van der Waals surface area contributed by atoms with Gasteiger partial charge >= 0.3 is 0 Å². The Kier molecular flexibility index (Phi) is 6.32. The number of nitrogens with zero attached hydrogens (tertiary/aromatic N) is 1. The van der Waals surface area contributed by atoms with Crippen molar-refractivity contribution in [2.75, 3.05) is 24.1 Å². The SMILES string of the molecule is CC(NC(=O)CN(c1ccccc1)S(=O)(=O)c1ccccc1)c1ccc2c(c1)OCCO2. The molecule has 0 spiro atoms. The van der Waals surface area contributed by atoms with E-state index in [1.54, 1.807) is 48.5 Å². The average Bonchev–Trinajstić information content (AvgIpc) is 2.83. The topological polar surface area (TPSA) is 84.9 Å². The number of amides is 1. The summed E-state index contributed by atoms with van der Waals surface area (Å²) >= 11 is 0. The number of benzene rings is 3. The first-order valence-electron chi connectivity index (χ1n) is 10.3. The van der Waals surface area contributed by atoms with Crippen molar-refractivity contribution in [2.45, 2.75) is 17.9 Å². The minimum atomic E-state index is -3.93. The maximum absolute atomic E-state index is 13.3. The van der Waals surface area contributed by atoms with Gasteiger partial charge in [0, 0.05) is 0 Å². The smallest absolute Gasteiger partial charge is 0.264 e. The molecule has 4 rings (SSSR count). The molecule has 166 valence electrons. The van der Waals surface area contributed by atoms with E-state index in [0.717, 1.165) is 9.87 Å². The molecule has 1 N–H and O–H groups in total. The van der Waals surface area contributed by atoms with E-state index in [-0.39, 0.29) is 17.5 Å². The van der Waals surface area contributed by atoms with E-state index in [4.69, 9.17) is 9.47 Å². The molecule has 0 aliphatic carbocycles. The Bertz CT molecular complexity index is 1180. The minimum absolute atomic E-state index is 0.122. The second-order valence-corrected chi connectivity index (χ2v) is 9.21. The van der Waals surface area contributed by atoms with Gasteiger partial charge in [0.1, 0.15) is 19.8 Å². The second kappa shape index (κ2) is 9.32. The van der Waals surface area contributed by atoms with Crippen LogP contribution in [0.1, 0.15) is 18.5 Å². The maximum Gasteiger partial charge on any atom is 0.264 e. The van der Waals surface area contributed by atoms with E-state index >= 15 is 0 Å². The molecule has 0 fully saturated rings. The summed E-state index contributed by atoms with van der Waals surface area (Å²) in [5.74, 6) is 0.880. The van der Waals surface area contributed by atoms with Gasteiger partial charge in [0.05, 0.1) is 16.6 Å². The summed E-state index contributed by atoms with van der Waals surface area (Å²) in [7, 11) is -3.93. The van der Waals surface area contributed by atoms with Crippen molar-refractivity contribution in [1.29, 1.82) is 0 Å². The van der Waals surface area contributed by atoms with Crippen LogP contribution in [0.4, 0.5) is 5.69 Å². The summed E-state index contributed by atoms with van der Waals surface area (Å²) in [5.41, 5.74) is 1.25. The second-order valence-electron chi connectivity index (χ2n) is 7.35. The van der Waals surface area contributed by atoms with Gasteiger partial charge in [-0.1, -0.05) is 42.5 Å². The van der Waals surface area contributed by atoms with E-state index in [1.165, 1.54) is 12.1 Å². The Hall–Kier alpha value is -3.52. The molecule has 32 heavy (non-hydrogen) atoms. The van der Waals surface area contributed by atoms with Gasteiger partial charge in [-0.25, -0.2) is 8.42 Å². The normalized spacial score (nSPS) is 13.8. The van der Waals surface area contributed by atoms with E-state index in [2.05, 4.69) is 5.32 Å². The summed E-state index contributed by atoms with van der Waals surface area (Å²) < 4.78 is 38.9. The van der Waals surface area contributed by atoms with Gasteiger partial charge in [-0.3, -0.25) is 9.10 Å². The van der Waals surface area contributed by atoms with Gasteiger partial charge in [-0.2, -0.15) is 0 Å². The molecule has 1 heterocycles. The van der Waals surface area contributed by atoms with Crippen molar-refractivity contribution in [3.63, 3.8) is 0 Å². The Balaban J connectivity index is 1.54. The molecule has 1 amide bonds. The zero-order valence-electron chi connectivity index (χ0n) is 17.6. The van der Waals surface area contributed by atoms with Crippen LogP contribution in [0.2, 0.25) is 0 Å². The van der Waals surface area contributed by atoms with Crippen LogP contribution in [0.15, 0.2) is 83.8 Å². The number of anilines is 1. The van der Waals surface area contributed by atoms with Crippen LogP contribution in [0, 0.1) is 0 Å². The lowest BCUT2D eigenvalue weighted by molar-refractivity contribution is -0.120. The Morgan fingerprint density at radius 1 is 0.938 bits per heavy atom. The van der Waals surface area contributed by atoms with Crippen LogP contribution in [-0.4, -0.2) is 34.1 Å². The van der Waals surface area contributed by atoms with E-state index < -0.39 is 15.9 Å². The molecule has 1 aliphatic heterocycles. The number of nitrogens with one attached hydrogen (secondary N) is 1. The number of ether oxygens (including phenoxy) is 2. The third-order valence-corrected chi connectivity index (χ3v) is 6.89. The molecule has 0 radical (unpaired) electrons. The number of carbonyl (C=O) groups is 1. The van der Waals surface area contributed by atoms with Crippen LogP contribution in [0.25, 0.3) is 0 Å². The van der Waals surface area contributed by atoms with Gasteiger partial charge < -0.3 is 14.8 Å². The van der Waals surface area contributed by atoms with Crippen molar-refractivity contribution in [1.82, 2.24) is 5.32 Å². The number of fused-ring (bicyclic) bond motifs is 1. The van der Waals surface area contributed by atoms with Crippen LogP contribution < -0.4 is 19.1 Å². The molecule has 8 heteroatoms. The number of hydrogen-bond donors (Lipinski definition) is 1. The maximum atomic E-state index is 13.3. The number of rotatable bonds is 7. The van der Waals surface area contributed by atoms with Crippen LogP contribution in [0.5, 0.6) is 11.5 Å². The van der Waals surface area contributed by atoms with Gasteiger partial charge in [0.2, 0.25) is 5.91 Å². The van der Waals surface area contributed by atoms with Gasteiger partial charge in [-0.05, 0) is 48.9 Å². The van der Waals surface area contributed by atoms with Crippen molar-refractivity contribution >= 4 is 21.6 Å². The first kappa shape index (κ1) is 21.7. The molecule has 1 atom stereocenters. The zero-order valence-corrected chi connectivity index (χ0v) is 18.4. The predicted octanol–water partition coefficient (Wildman–Crippen LogP) is 3.53. The quantitative estimate of drug-likeness (QED) is 0.593. The summed E-state index contributed by atoms with van der Waals surface area (Å²) in [6.07, 6.45) is 0. The highest BCUT2D eigenvalue weighted by Gasteiger charge is 2.27. The van der Waals surface area contributed by atoms with Gasteiger partial charge in [-0.15, -0.1) is 0 Å². The van der Waals surface area contributed by atoms with Crippen LogP contribution in [-0.2, 0) is 14.8 Å². The van der Waals surface area contributed by atoms with Crippen LogP contribution >= 0.6 is 0 Å². The van der Waals surface area contributed by atoms with E-state index in [1.807, 2.05) is 25.1 Å². The molecule has 0 saturated heterocycles. The standard InChI is InChI=1S/C24H24N2O5S/c1-18(19-12-13-22-23(16-19)31-15-14-30-22)25-24(27)17-26(20-8-4-2-5-9-20)32(28,29)21-10-6-3-7-11-21/h2-13,16,18H,14-15,17H2,1H3,(H,25,27). The monoisotopic (exact) mass is 452 g/mol. The molecule has 0 aromatic heterocycles. The number of hydrogen-bond acceptors (Lipinski definition) is 5. The lowest BCUT2D eigenvalue weighted by Crippen LogP contribution is -2.41. The fourth-order valence-corrected chi connectivity index (χ4v) is 4.90. The lowest BCUT2D eigenvalue weighted by atomic mass is 10.1. The largest absolute Gasteiger partial charge is 0.486 e. The molecule has 0 saturated carbocycles. The zero-order chi connectivity index (χ0) is 22.6. The van der Waals surface area contributed by atoms with Gasteiger partial charge in [0.15, 0.2) is 11.5 Å². The minimum Gasteiger partial charge on any atom is -0.486 e. The average molecular weight is 453 g/mol. The Morgan fingerprint density at radius 3 is 2.25 bits per heavy atom. The van der Waals surface area contributed by atoms with Gasteiger partial charge in [0.25, 0.3) is 10.0 Å². The summed E-state index contributed by atoms with van der Waals surface area (Å²) in [4.78, 5) is 13.0. The number of para-hydroxylation sites is 1. The fourth-order valence-electron chi connectivity index (χ4n) is 3.46. The first-order chi connectivity index (χ1) is 15.4. The van der Waals surface area contributed by atoms with Crippen molar-refractivity contribution in [2.24, 2.45) is 0 Å². The van der Waals surface area contributed by atoms with E-state index in [9.17, 15) is 13.2 Å². The van der Waals surface area contributed by atoms with E-state index in [0.29, 0.717) is 30.4 Å². The molecule has 1 unspecified atom stereocenters. The Morgan fingerprint density at radius 2 is 1.56 bits per heavy atom. The molecular weight excluding hydrogens is 428 g/mol. The Labute approximate surface area is 187 Å². The molecule has 3 aromatic carbocycles. The van der Waals surface area contributed by atoms with Crippen molar-refractivity contribution in [3.8, 4) is 11.5 Å².